The summed E-state index contributed by atoms with van der Waals surface area (Å²) in [6.07, 6.45) is 0. The second kappa shape index (κ2) is 9.95. The summed E-state index contributed by atoms with van der Waals surface area (Å²) in [5, 5.41) is 0. The largest absolute Gasteiger partial charge is 0.469 e. The summed E-state index contributed by atoms with van der Waals surface area (Å²) in [4.78, 5) is 23.6. The number of nitrogens with zero attached hydrogens (tertiary/aromatic N) is 1. The zero-order valence-corrected chi connectivity index (χ0v) is 14.6. The lowest BCUT2D eigenvalue weighted by Gasteiger charge is -2.21. The minimum Gasteiger partial charge on any atom is -0.469 e. The van der Waals surface area contributed by atoms with Crippen molar-refractivity contribution < 1.29 is 19.1 Å². The van der Waals surface area contributed by atoms with Gasteiger partial charge in [0.1, 0.15) is 6.61 Å². The molecule has 124 valence electrons. The SMILES string of the molecule is COC(=O)C(C)C.COCC(=O)N(C)c1c(C)cccc1C. The van der Waals surface area contributed by atoms with Crippen LogP contribution in [-0.4, -0.2) is 39.8 Å². The molecule has 0 aliphatic carbocycles. The van der Waals surface area contributed by atoms with Crippen LogP contribution in [-0.2, 0) is 19.1 Å². The van der Waals surface area contributed by atoms with Crippen LogP contribution in [0, 0.1) is 19.8 Å². The van der Waals surface area contributed by atoms with Gasteiger partial charge in [-0.1, -0.05) is 32.0 Å². The number of rotatable bonds is 4. The van der Waals surface area contributed by atoms with E-state index in [0.717, 1.165) is 16.8 Å². The maximum absolute atomic E-state index is 11.6. The highest BCUT2D eigenvalue weighted by Crippen LogP contribution is 2.23. The Morgan fingerprint density at radius 3 is 1.95 bits per heavy atom. The second-order valence-electron chi connectivity index (χ2n) is 5.30. The number of esters is 1. The molecule has 1 aromatic rings. The summed E-state index contributed by atoms with van der Waals surface area (Å²) < 4.78 is 9.21. The minimum atomic E-state index is -0.153. The number of likely N-dealkylation sites (N-methyl/N-ethyl adjacent to an activating group) is 1. The van der Waals surface area contributed by atoms with Crippen LogP contribution in [0.15, 0.2) is 18.2 Å². The van der Waals surface area contributed by atoms with E-state index in [0.29, 0.717) is 0 Å². The molecule has 0 heterocycles. The summed E-state index contributed by atoms with van der Waals surface area (Å²) in [5.41, 5.74) is 3.17. The number of benzene rings is 1. The number of methoxy groups -OCH3 is 2. The van der Waals surface area contributed by atoms with Gasteiger partial charge < -0.3 is 14.4 Å². The van der Waals surface area contributed by atoms with Crippen LogP contribution < -0.4 is 4.90 Å². The van der Waals surface area contributed by atoms with E-state index in [1.807, 2.05) is 32.0 Å². The topological polar surface area (TPSA) is 55.8 Å². The number of anilines is 1. The summed E-state index contributed by atoms with van der Waals surface area (Å²) in [5.74, 6) is -0.181. The third-order valence-electron chi connectivity index (χ3n) is 3.09. The molecule has 0 N–H and O–H groups in total. The van der Waals surface area contributed by atoms with Crippen LogP contribution >= 0.6 is 0 Å². The van der Waals surface area contributed by atoms with Gasteiger partial charge >= 0.3 is 5.97 Å². The van der Waals surface area contributed by atoms with Gasteiger partial charge in [0.05, 0.1) is 13.0 Å². The Labute approximate surface area is 133 Å². The van der Waals surface area contributed by atoms with Crippen LogP contribution in [0.5, 0.6) is 0 Å². The normalized spacial score (nSPS) is 9.82. The van der Waals surface area contributed by atoms with Crippen molar-refractivity contribution in [2.75, 3.05) is 32.8 Å². The van der Waals surface area contributed by atoms with Crippen LogP contribution in [0.4, 0.5) is 5.69 Å². The second-order valence-corrected chi connectivity index (χ2v) is 5.30. The van der Waals surface area contributed by atoms with E-state index in [1.165, 1.54) is 14.2 Å². The van der Waals surface area contributed by atoms with E-state index in [-0.39, 0.29) is 24.4 Å². The quantitative estimate of drug-likeness (QED) is 0.803. The maximum atomic E-state index is 11.6. The van der Waals surface area contributed by atoms with E-state index in [1.54, 1.807) is 25.8 Å². The van der Waals surface area contributed by atoms with E-state index < -0.39 is 0 Å². The molecule has 5 nitrogen and oxygen atoms in total. The predicted molar refractivity (Wildman–Crippen MR) is 88.1 cm³/mol. The van der Waals surface area contributed by atoms with Crippen molar-refractivity contribution in [1.29, 1.82) is 0 Å². The molecular formula is C17H27NO4. The summed E-state index contributed by atoms with van der Waals surface area (Å²) in [6, 6.07) is 5.99. The minimum absolute atomic E-state index is 0.00463. The summed E-state index contributed by atoms with van der Waals surface area (Å²) in [6.45, 7) is 7.71. The van der Waals surface area contributed by atoms with Gasteiger partial charge in [-0.2, -0.15) is 0 Å². The fourth-order valence-electron chi connectivity index (χ4n) is 1.92. The first-order chi connectivity index (χ1) is 10.3. The van der Waals surface area contributed by atoms with Gasteiger partial charge in [0.15, 0.2) is 0 Å². The Hall–Kier alpha value is -1.88. The first kappa shape index (κ1) is 20.1. The van der Waals surface area contributed by atoms with Gasteiger partial charge in [0, 0.05) is 19.8 Å². The van der Waals surface area contributed by atoms with Crippen molar-refractivity contribution in [3.63, 3.8) is 0 Å². The number of hydrogen-bond acceptors (Lipinski definition) is 4. The maximum Gasteiger partial charge on any atom is 0.308 e. The van der Waals surface area contributed by atoms with Gasteiger partial charge in [-0.05, 0) is 25.0 Å². The smallest absolute Gasteiger partial charge is 0.308 e. The third-order valence-corrected chi connectivity index (χ3v) is 3.09. The molecule has 5 heteroatoms. The molecule has 1 amide bonds. The number of para-hydroxylation sites is 1. The third kappa shape index (κ3) is 6.26. The lowest BCUT2D eigenvalue weighted by molar-refractivity contribution is -0.144. The Balaban J connectivity index is 0.000000534. The average molecular weight is 309 g/mol. The number of amides is 1. The lowest BCUT2D eigenvalue weighted by Crippen LogP contribution is -2.30. The molecule has 0 spiro atoms. The number of aryl methyl sites for hydroxylation is 2. The number of ether oxygens (including phenoxy) is 2. The molecular weight excluding hydrogens is 282 g/mol. The zero-order chi connectivity index (χ0) is 17.3. The highest BCUT2D eigenvalue weighted by Gasteiger charge is 2.14. The molecule has 0 fully saturated rings. The number of carbonyl (C=O) groups is 2. The number of carbonyl (C=O) groups excluding carboxylic acids is 2. The van der Waals surface area contributed by atoms with Gasteiger partial charge in [0.2, 0.25) is 0 Å². The Morgan fingerprint density at radius 2 is 1.64 bits per heavy atom. The van der Waals surface area contributed by atoms with Crippen molar-refractivity contribution in [3.8, 4) is 0 Å². The molecule has 1 aromatic carbocycles. The van der Waals surface area contributed by atoms with Gasteiger partial charge in [-0.25, -0.2) is 0 Å². The highest BCUT2D eigenvalue weighted by molar-refractivity contribution is 5.95. The van der Waals surface area contributed by atoms with Crippen molar-refractivity contribution in [3.05, 3.63) is 29.3 Å². The molecule has 0 aliphatic rings. The molecule has 0 aliphatic heterocycles. The Bertz CT molecular complexity index is 477. The van der Waals surface area contributed by atoms with Crippen LogP contribution in [0.1, 0.15) is 25.0 Å². The van der Waals surface area contributed by atoms with E-state index in [2.05, 4.69) is 4.74 Å². The molecule has 0 saturated heterocycles. The van der Waals surface area contributed by atoms with Crippen LogP contribution in [0.3, 0.4) is 0 Å². The Morgan fingerprint density at radius 1 is 1.14 bits per heavy atom. The molecule has 0 saturated carbocycles. The molecule has 0 aromatic heterocycles. The zero-order valence-electron chi connectivity index (χ0n) is 14.6. The summed E-state index contributed by atoms with van der Waals surface area (Å²) in [7, 11) is 4.69. The number of hydrogen-bond donors (Lipinski definition) is 0. The molecule has 0 unspecified atom stereocenters. The summed E-state index contributed by atoms with van der Waals surface area (Å²) >= 11 is 0. The predicted octanol–water partition coefficient (Wildman–Crippen LogP) is 2.73. The molecule has 0 atom stereocenters. The molecule has 0 bridgehead atoms. The van der Waals surface area contributed by atoms with Crippen molar-refractivity contribution in [2.45, 2.75) is 27.7 Å². The fraction of sp³-hybridized carbons (Fsp3) is 0.529. The average Bonchev–Trinajstić information content (AvgIpc) is 2.46. The van der Waals surface area contributed by atoms with Crippen molar-refractivity contribution in [2.24, 2.45) is 5.92 Å². The van der Waals surface area contributed by atoms with Crippen LogP contribution in [0.2, 0.25) is 0 Å². The van der Waals surface area contributed by atoms with E-state index >= 15 is 0 Å². The van der Waals surface area contributed by atoms with Crippen molar-refractivity contribution >= 4 is 17.6 Å². The highest BCUT2D eigenvalue weighted by atomic mass is 16.5. The van der Waals surface area contributed by atoms with Gasteiger partial charge in [-0.3, -0.25) is 9.59 Å². The monoisotopic (exact) mass is 309 g/mol. The first-order valence-electron chi connectivity index (χ1n) is 7.15. The van der Waals surface area contributed by atoms with Gasteiger partial charge in [-0.15, -0.1) is 0 Å². The lowest BCUT2D eigenvalue weighted by atomic mass is 10.1. The van der Waals surface area contributed by atoms with E-state index in [9.17, 15) is 9.59 Å². The molecule has 22 heavy (non-hydrogen) atoms. The molecule has 1 rings (SSSR count). The Kier molecular flexibility index (Phi) is 9.10. The van der Waals surface area contributed by atoms with Crippen LogP contribution in [0.25, 0.3) is 0 Å². The van der Waals surface area contributed by atoms with Gasteiger partial charge in [0.25, 0.3) is 5.91 Å². The standard InChI is InChI=1S/C12H17NO2.C5H10O2/c1-9-6-5-7-10(2)12(9)13(3)11(14)8-15-4;1-4(2)5(6)7-3/h5-7H,8H2,1-4H3;4H,1-3H3. The van der Waals surface area contributed by atoms with E-state index in [4.69, 9.17) is 4.74 Å². The first-order valence-corrected chi connectivity index (χ1v) is 7.15. The molecule has 0 radical (unpaired) electrons. The van der Waals surface area contributed by atoms with Crippen molar-refractivity contribution in [1.82, 2.24) is 0 Å². The fourth-order valence-corrected chi connectivity index (χ4v) is 1.92.